The minimum absolute atomic E-state index is 0.113. The van der Waals surface area contributed by atoms with Crippen molar-refractivity contribution in [1.82, 2.24) is 14.7 Å². The Morgan fingerprint density at radius 3 is 2.68 bits per heavy atom. The van der Waals surface area contributed by atoms with Crippen molar-refractivity contribution < 1.29 is 5.11 Å². The minimum Gasteiger partial charge on any atom is -0.393 e. The molecule has 1 aliphatic carbocycles. The Labute approximate surface area is 132 Å². The zero-order chi connectivity index (χ0) is 15.4. The molecule has 1 fully saturated rings. The van der Waals surface area contributed by atoms with Crippen molar-refractivity contribution >= 4 is 0 Å². The summed E-state index contributed by atoms with van der Waals surface area (Å²) >= 11 is 0. The van der Waals surface area contributed by atoms with E-state index < -0.39 is 0 Å². The van der Waals surface area contributed by atoms with Crippen molar-refractivity contribution in [3.63, 3.8) is 0 Å². The van der Waals surface area contributed by atoms with Crippen LogP contribution in [0.1, 0.15) is 31.2 Å². The van der Waals surface area contributed by atoms with Crippen molar-refractivity contribution in [1.29, 1.82) is 0 Å². The van der Waals surface area contributed by atoms with Gasteiger partial charge in [-0.15, -0.1) is 0 Å². The van der Waals surface area contributed by atoms with E-state index in [2.05, 4.69) is 41.3 Å². The van der Waals surface area contributed by atoms with Crippen LogP contribution in [0.3, 0.4) is 0 Å². The highest BCUT2D eigenvalue weighted by Gasteiger charge is 2.23. The standard InChI is InChI=1S/C18H25N3O/c1-20(14-16-5-2-3-6-18(16)22)13-15-7-9-17(10-8-15)21-12-4-11-19-21/h4,7-12,16,18,22H,2-3,5-6,13-14H2,1H3. The van der Waals surface area contributed by atoms with Gasteiger partial charge >= 0.3 is 0 Å². The van der Waals surface area contributed by atoms with Gasteiger partial charge in [-0.25, -0.2) is 4.68 Å². The number of aliphatic hydroxyl groups is 1. The van der Waals surface area contributed by atoms with Crippen LogP contribution in [0.25, 0.3) is 5.69 Å². The Balaban J connectivity index is 1.56. The van der Waals surface area contributed by atoms with Crippen molar-refractivity contribution in [2.75, 3.05) is 13.6 Å². The van der Waals surface area contributed by atoms with E-state index in [1.165, 1.54) is 18.4 Å². The second kappa shape index (κ2) is 7.07. The number of rotatable bonds is 5. The molecule has 1 aliphatic rings. The number of benzene rings is 1. The van der Waals surface area contributed by atoms with E-state index >= 15 is 0 Å². The van der Waals surface area contributed by atoms with Gasteiger partial charge in [0.05, 0.1) is 11.8 Å². The number of hydrogen-bond acceptors (Lipinski definition) is 3. The van der Waals surface area contributed by atoms with Crippen molar-refractivity contribution in [3.05, 3.63) is 48.3 Å². The van der Waals surface area contributed by atoms with Gasteiger partial charge in [0.15, 0.2) is 0 Å². The molecule has 1 N–H and O–H groups in total. The van der Waals surface area contributed by atoms with Gasteiger partial charge in [-0.2, -0.15) is 5.10 Å². The van der Waals surface area contributed by atoms with E-state index in [0.717, 1.165) is 31.6 Å². The molecule has 4 heteroatoms. The summed E-state index contributed by atoms with van der Waals surface area (Å²) in [4.78, 5) is 2.32. The molecule has 1 aromatic carbocycles. The highest BCUT2D eigenvalue weighted by molar-refractivity contribution is 5.33. The Kier molecular flexibility index (Phi) is 4.90. The first-order valence-corrected chi connectivity index (χ1v) is 8.18. The third kappa shape index (κ3) is 3.76. The number of hydrogen-bond donors (Lipinski definition) is 1. The molecule has 0 amide bonds. The largest absolute Gasteiger partial charge is 0.393 e. The van der Waals surface area contributed by atoms with Gasteiger partial charge in [-0.05, 0) is 49.6 Å². The summed E-state index contributed by atoms with van der Waals surface area (Å²) in [6, 6.07) is 10.4. The van der Waals surface area contributed by atoms with Crippen LogP contribution in [-0.4, -0.2) is 39.5 Å². The van der Waals surface area contributed by atoms with Gasteiger partial charge in [0.25, 0.3) is 0 Å². The zero-order valence-corrected chi connectivity index (χ0v) is 13.2. The van der Waals surface area contributed by atoms with Crippen LogP contribution >= 0.6 is 0 Å². The molecule has 1 heterocycles. The fourth-order valence-electron chi connectivity index (χ4n) is 3.35. The summed E-state index contributed by atoms with van der Waals surface area (Å²) in [7, 11) is 2.14. The molecule has 22 heavy (non-hydrogen) atoms. The van der Waals surface area contributed by atoms with Crippen LogP contribution in [0.4, 0.5) is 0 Å². The zero-order valence-electron chi connectivity index (χ0n) is 13.2. The maximum absolute atomic E-state index is 10.1. The Hall–Kier alpha value is -1.65. The first-order valence-electron chi connectivity index (χ1n) is 8.18. The lowest BCUT2D eigenvalue weighted by Crippen LogP contribution is -2.34. The Morgan fingerprint density at radius 2 is 2.00 bits per heavy atom. The molecule has 2 atom stereocenters. The van der Waals surface area contributed by atoms with Crippen LogP contribution in [-0.2, 0) is 6.54 Å². The van der Waals surface area contributed by atoms with Gasteiger partial charge in [0.2, 0.25) is 0 Å². The third-order valence-corrected chi connectivity index (χ3v) is 4.57. The van der Waals surface area contributed by atoms with Crippen molar-refractivity contribution in [2.24, 2.45) is 5.92 Å². The molecule has 0 radical (unpaired) electrons. The lowest BCUT2D eigenvalue weighted by atomic mass is 9.86. The van der Waals surface area contributed by atoms with E-state index in [1.807, 2.05) is 16.9 Å². The predicted molar refractivity (Wildman–Crippen MR) is 87.9 cm³/mol. The van der Waals surface area contributed by atoms with Gasteiger partial charge < -0.3 is 10.0 Å². The molecule has 2 unspecified atom stereocenters. The molecule has 0 bridgehead atoms. The van der Waals surface area contributed by atoms with Gasteiger partial charge in [-0.1, -0.05) is 25.0 Å². The third-order valence-electron chi connectivity index (χ3n) is 4.57. The highest BCUT2D eigenvalue weighted by atomic mass is 16.3. The molecule has 0 saturated heterocycles. The summed E-state index contributed by atoms with van der Waals surface area (Å²) < 4.78 is 1.87. The monoisotopic (exact) mass is 299 g/mol. The molecule has 1 saturated carbocycles. The van der Waals surface area contributed by atoms with E-state index in [0.29, 0.717) is 5.92 Å². The normalized spacial score (nSPS) is 22.1. The summed E-state index contributed by atoms with van der Waals surface area (Å²) in [6.07, 6.45) is 8.19. The molecule has 1 aromatic heterocycles. The maximum atomic E-state index is 10.1. The second-order valence-electron chi connectivity index (χ2n) is 6.43. The summed E-state index contributed by atoms with van der Waals surface area (Å²) in [5.74, 6) is 0.432. The second-order valence-corrected chi connectivity index (χ2v) is 6.43. The molecule has 2 aromatic rings. The first-order chi connectivity index (χ1) is 10.7. The molecular formula is C18H25N3O. The maximum Gasteiger partial charge on any atom is 0.0645 e. The lowest BCUT2D eigenvalue weighted by Gasteiger charge is -2.31. The van der Waals surface area contributed by atoms with Gasteiger partial charge in [0.1, 0.15) is 0 Å². The van der Waals surface area contributed by atoms with Crippen LogP contribution in [0, 0.1) is 5.92 Å². The summed E-state index contributed by atoms with van der Waals surface area (Å²) in [5, 5.41) is 14.3. The SMILES string of the molecule is CN(Cc1ccc(-n2cccn2)cc1)CC1CCCCC1O. The minimum atomic E-state index is -0.113. The average Bonchev–Trinajstić information content (AvgIpc) is 3.05. The predicted octanol–water partition coefficient (Wildman–Crippen LogP) is 2.86. The van der Waals surface area contributed by atoms with Crippen LogP contribution < -0.4 is 0 Å². The van der Waals surface area contributed by atoms with Crippen LogP contribution in [0.2, 0.25) is 0 Å². The fraction of sp³-hybridized carbons (Fsp3) is 0.500. The molecule has 0 spiro atoms. The van der Waals surface area contributed by atoms with Crippen molar-refractivity contribution in [3.8, 4) is 5.69 Å². The Bertz CT molecular complexity index is 565. The summed E-state index contributed by atoms with van der Waals surface area (Å²) in [6.45, 7) is 1.89. The molecular weight excluding hydrogens is 274 g/mol. The topological polar surface area (TPSA) is 41.3 Å². The molecule has 3 rings (SSSR count). The van der Waals surface area contributed by atoms with Crippen LogP contribution in [0.5, 0.6) is 0 Å². The molecule has 118 valence electrons. The average molecular weight is 299 g/mol. The molecule has 4 nitrogen and oxygen atoms in total. The highest BCUT2D eigenvalue weighted by Crippen LogP contribution is 2.25. The van der Waals surface area contributed by atoms with Crippen molar-refractivity contribution in [2.45, 2.75) is 38.3 Å². The smallest absolute Gasteiger partial charge is 0.0645 e. The van der Waals surface area contributed by atoms with E-state index in [4.69, 9.17) is 0 Å². The van der Waals surface area contributed by atoms with E-state index in [-0.39, 0.29) is 6.10 Å². The van der Waals surface area contributed by atoms with E-state index in [1.54, 1.807) is 6.20 Å². The number of aromatic nitrogens is 2. The number of aliphatic hydroxyl groups excluding tert-OH is 1. The van der Waals surface area contributed by atoms with Gasteiger partial charge in [0, 0.05) is 25.5 Å². The van der Waals surface area contributed by atoms with Crippen LogP contribution in [0.15, 0.2) is 42.7 Å². The Morgan fingerprint density at radius 1 is 1.23 bits per heavy atom. The number of nitrogens with zero attached hydrogens (tertiary/aromatic N) is 3. The first kappa shape index (κ1) is 15.3. The quantitative estimate of drug-likeness (QED) is 0.923. The van der Waals surface area contributed by atoms with Gasteiger partial charge in [-0.3, -0.25) is 0 Å². The summed E-state index contributed by atoms with van der Waals surface area (Å²) in [5.41, 5.74) is 2.38. The molecule has 0 aliphatic heterocycles. The van der Waals surface area contributed by atoms with E-state index in [9.17, 15) is 5.11 Å². The lowest BCUT2D eigenvalue weighted by molar-refractivity contribution is 0.0502. The fourth-order valence-corrected chi connectivity index (χ4v) is 3.35.